The fourth-order valence-electron chi connectivity index (χ4n) is 3.37. The molecule has 1 fully saturated rings. The van der Waals surface area contributed by atoms with Gasteiger partial charge in [-0.15, -0.1) is 0 Å². The van der Waals surface area contributed by atoms with Crippen LogP contribution in [0.1, 0.15) is 35.8 Å². The first-order chi connectivity index (χ1) is 10.6. The highest BCUT2D eigenvalue weighted by atomic mass is 79.9. The minimum Gasteiger partial charge on any atom is -0.350 e. The number of rotatable bonds is 4. The molecule has 0 aliphatic carbocycles. The van der Waals surface area contributed by atoms with Crippen molar-refractivity contribution >= 4 is 32.7 Å². The molecule has 1 atom stereocenters. The number of halogens is 1. The number of fused-ring (bicyclic) bond motifs is 1. The third-order valence-electron chi connectivity index (χ3n) is 4.65. The average molecular weight is 364 g/mol. The second-order valence-corrected chi connectivity index (χ2v) is 6.87. The molecule has 22 heavy (non-hydrogen) atoms. The summed E-state index contributed by atoms with van der Waals surface area (Å²) < 4.78 is 1.03. The van der Waals surface area contributed by atoms with Crippen molar-refractivity contribution in [1.82, 2.24) is 15.2 Å². The predicted molar refractivity (Wildman–Crippen MR) is 93.3 cm³/mol. The Labute approximate surface area is 139 Å². The van der Waals surface area contributed by atoms with Crippen molar-refractivity contribution in [2.75, 3.05) is 19.6 Å². The maximum Gasteiger partial charge on any atom is 0.268 e. The van der Waals surface area contributed by atoms with Crippen LogP contribution in [0.3, 0.4) is 0 Å². The topological polar surface area (TPSA) is 48.1 Å². The number of carbonyl (C=O) groups is 1. The molecule has 3 rings (SSSR count). The Hall–Kier alpha value is -1.33. The van der Waals surface area contributed by atoms with E-state index in [0.717, 1.165) is 40.6 Å². The van der Waals surface area contributed by atoms with Crippen LogP contribution >= 0.6 is 15.9 Å². The molecule has 1 amide bonds. The summed E-state index contributed by atoms with van der Waals surface area (Å²) in [4.78, 5) is 18.2. The number of likely N-dealkylation sites (tertiary alicyclic amines) is 1. The highest BCUT2D eigenvalue weighted by molar-refractivity contribution is 9.10. The highest BCUT2D eigenvalue weighted by Gasteiger charge is 2.24. The second kappa shape index (κ2) is 6.42. The van der Waals surface area contributed by atoms with Gasteiger partial charge < -0.3 is 10.3 Å². The van der Waals surface area contributed by atoms with E-state index >= 15 is 0 Å². The molecule has 2 aromatic rings. The summed E-state index contributed by atoms with van der Waals surface area (Å²) in [6.45, 7) is 7.11. The van der Waals surface area contributed by atoms with Crippen molar-refractivity contribution in [3.05, 3.63) is 33.9 Å². The highest BCUT2D eigenvalue weighted by Crippen LogP contribution is 2.25. The van der Waals surface area contributed by atoms with Crippen molar-refractivity contribution in [2.45, 2.75) is 32.7 Å². The van der Waals surface area contributed by atoms with E-state index in [4.69, 9.17) is 0 Å². The number of nitrogens with one attached hydrogen (secondary N) is 2. The summed E-state index contributed by atoms with van der Waals surface area (Å²) in [6, 6.07) is 6.51. The van der Waals surface area contributed by atoms with Gasteiger partial charge in [0, 0.05) is 28.0 Å². The summed E-state index contributed by atoms with van der Waals surface area (Å²) >= 11 is 3.48. The van der Waals surface area contributed by atoms with E-state index in [1.54, 1.807) is 0 Å². The summed E-state index contributed by atoms with van der Waals surface area (Å²) in [5.41, 5.74) is 2.68. The molecule has 2 heterocycles. The van der Waals surface area contributed by atoms with Crippen LogP contribution in [0.5, 0.6) is 0 Å². The first kappa shape index (κ1) is 15.6. The first-order valence-electron chi connectivity index (χ1n) is 7.90. The molecular weight excluding hydrogens is 342 g/mol. The number of benzene rings is 1. The Kier molecular flexibility index (Phi) is 4.54. The third-order valence-corrected chi connectivity index (χ3v) is 5.14. The average Bonchev–Trinajstić information content (AvgIpc) is 3.10. The lowest BCUT2D eigenvalue weighted by Gasteiger charge is -2.22. The fraction of sp³-hybridized carbons (Fsp3) is 0.471. The van der Waals surface area contributed by atoms with Crippen LogP contribution in [-0.2, 0) is 0 Å². The third kappa shape index (κ3) is 2.92. The number of nitrogens with zero attached hydrogens (tertiary/aromatic N) is 1. The van der Waals surface area contributed by atoms with Gasteiger partial charge in [-0.2, -0.15) is 0 Å². The molecule has 0 spiro atoms. The van der Waals surface area contributed by atoms with Gasteiger partial charge in [0.15, 0.2) is 0 Å². The molecule has 1 aromatic heterocycles. The molecule has 2 N–H and O–H groups in total. The molecule has 0 radical (unpaired) electrons. The molecule has 0 saturated carbocycles. The number of hydrogen-bond donors (Lipinski definition) is 2. The van der Waals surface area contributed by atoms with Crippen molar-refractivity contribution in [1.29, 1.82) is 0 Å². The molecule has 1 aliphatic rings. The number of hydrogen-bond acceptors (Lipinski definition) is 2. The number of amides is 1. The van der Waals surface area contributed by atoms with Crippen LogP contribution in [0.4, 0.5) is 0 Å². The number of H-pyrrole nitrogens is 1. The van der Waals surface area contributed by atoms with Gasteiger partial charge in [0.25, 0.3) is 5.91 Å². The largest absolute Gasteiger partial charge is 0.350 e. The maximum atomic E-state index is 12.5. The molecule has 0 bridgehead atoms. The number of aromatic nitrogens is 1. The van der Waals surface area contributed by atoms with E-state index in [0.29, 0.717) is 11.7 Å². The lowest BCUT2D eigenvalue weighted by molar-refractivity contribution is 0.0936. The zero-order valence-corrected chi connectivity index (χ0v) is 14.7. The maximum absolute atomic E-state index is 12.5. The normalized spacial score (nSPS) is 19.0. The van der Waals surface area contributed by atoms with Crippen LogP contribution in [-0.4, -0.2) is 41.5 Å². The van der Waals surface area contributed by atoms with Crippen molar-refractivity contribution < 1.29 is 4.79 Å². The Morgan fingerprint density at radius 3 is 3.09 bits per heavy atom. The monoisotopic (exact) mass is 363 g/mol. The minimum absolute atomic E-state index is 0.00669. The minimum atomic E-state index is -0.00669. The van der Waals surface area contributed by atoms with Gasteiger partial charge in [0.1, 0.15) is 5.69 Å². The standard InChI is InChI=1S/C17H22BrN3O/c1-3-21-8-4-5-13(21)10-19-17(22)16-11(2)14-9-12(18)6-7-15(14)20-16/h6-7,9,13,20H,3-5,8,10H2,1-2H3,(H,19,22). The van der Waals surface area contributed by atoms with Crippen molar-refractivity contribution in [2.24, 2.45) is 0 Å². The van der Waals surface area contributed by atoms with Gasteiger partial charge in [0.2, 0.25) is 0 Å². The molecule has 1 aromatic carbocycles. The zero-order chi connectivity index (χ0) is 15.7. The van der Waals surface area contributed by atoms with E-state index < -0.39 is 0 Å². The Morgan fingerprint density at radius 2 is 2.32 bits per heavy atom. The fourth-order valence-corrected chi connectivity index (χ4v) is 3.73. The smallest absolute Gasteiger partial charge is 0.268 e. The number of carbonyl (C=O) groups excluding carboxylic acids is 1. The summed E-state index contributed by atoms with van der Waals surface area (Å²) in [5, 5.41) is 4.19. The first-order valence-corrected chi connectivity index (χ1v) is 8.69. The summed E-state index contributed by atoms with van der Waals surface area (Å²) in [5.74, 6) is -0.00669. The van der Waals surface area contributed by atoms with Gasteiger partial charge in [-0.1, -0.05) is 22.9 Å². The number of aryl methyl sites for hydroxylation is 1. The van der Waals surface area contributed by atoms with Gasteiger partial charge in [-0.25, -0.2) is 0 Å². The Morgan fingerprint density at radius 1 is 1.50 bits per heavy atom. The van der Waals surface area contributed by atoms with E-state index in [2.05, 4.69) is 38.1 Å². The van der Waals surface area contributed by atoms with E-state index in [1.165, 1.54) is 12.8 Å². The lowest BCUT2D eigenvalue weighted by atomic mass is 10.1. The van der Waals surface area contributed by atoms with Crippen LogP contribution < -0.4 is 5.32 Å². The predicted octanol–water partition coefficient (Wildman–Crippen LogP) is 3.45. The molecule has 5 heteroatoms. The quantitative estimate of drug-likeness (QED) is 0.873. The molecule has 1 saturated heterocycles. The van der Waals surface area contributed by atoms with Gasteiger partial charge in [-0.05, 0) is 56.6 Å². The molecule has 4 nitrogen and oxygen atoms in total. The Balaban J connectivity index is 1.74. The van der Waals surface area contributed by atoms with Gasteiger partial charge in [-0.3, -0.25) is 9.69 Å². The molecule has 118 valence electrons. The van der Waals surface area contributed by atoms with Crippen LogP contribution in [0, 0.1) is 6.92 Å². The van der Waals surface area contributed by atoms with Crippen molar-refractivity contribution in [3.8, 4) is 0 Å². The van der Waals surface area contributed by atoms with Crippen molar-refractivity contribution in [3.63, 3.8) is 0 Å². The second-order valence-electron chi connectivity index (χ2n) is 5.95. The van der Waals surface area contributed by atoms with Gasteiger partial charge >= 0.3 is 0 Å². The summed E-state index contributed by atoms with van der Waals surface area (Å²) in [7, 11) is 0. The lowest BCUT2D eigenvalue weighted by Crippen LogP contribution is -2.40. The van der Waals surface area contributed by atoms with Crippen LogP contribution in [0.15, 0.2) is 22.7 Å². The molecule has 1 unspecified atom stereocenters. The van der Waals surface area contributed by atoms with Gasteiger partial charge in [0.05, 0.1) is 0 Å². The number of likely N-dealkylation sites (N-methyl/N-ethyl adjacent to an activating group) is 1. The van der Waals surface area contributed by atoms with E-state index in [9.17, 15) is 4.79 Å². The Bertz CT molecular complexity index is 695. The van der Waals surface area contributed by atoms with Crippen LogP contribution in [0.25, 0.3) is 10.9 Å². The molecular formula is C17H22BrN3O. The van der Waals surface area contributed by atoms with Crippen LogP contribution in [0.2, 0.25) is 0 Å². The van der Waals surface area contributed by atoms with E-state index in [1.807, 2.05) is 25.1 Å². The zero-order valence-electron chi connectivity index (χ0n) is 13.1. The number of aromatic amines is 1. The van der Waals surface area contributed by atoms with E-state index in [-0.39, 0.29) is 5.91 Å². The molecule has 1 aliphatic heterocycles. The SMILES string of the molecule is CCN1CCCC1CNC(=O)c1[nH]c2ccc(Br)cc2c1C. The summed E-state index contributed by atoms with van der Waals surface area (Å²) in [6.07, 6.45) is 2.40.